The first kappa shape index (κ1) is 15.4. The first-order valence-corrected chi connectivity index (χ1v) is 6.54. The van der Waals surface area contributed by atoms with Gasteiger partial charge in [0.1, 0.15) is 12.2 Å². The van der Waals surface area contributed by atoms with Crippen molar-refractivity contribution in [1.82, 2.24) is 0 Å². The van der Waals surface area contributed by atoms with Crippen LogP contribution in [0, 0.1) is 10.1 Å². The number of non-ortho nitro benzene ring substituents is 1. The normalized spacial score (nSPS) is 10.2. The maximum absolute atomic E-state index is 11.8. The second kappa shape index (κ2) is 6.66. The average molecular weight is 303 g/mol. The molecule has 1 heterocycles. The lowest BCUT2D eigenvalue weighted by Gasteiger charge is -1.99. The minimum absolute atomic E-state index is 0.0334. The zero-order valence-electron chi connectivity index (χ0n) is 11.8. The Labute approximate surface area is 125 Å². The number of carbonyl (C=O) groups excluding carboxylic acids is 2. The maximum atomic E-state index is 11.8. The van der Waals surface area contributed by atoms with Crippen LogP contribution in [0.15, 0.2) is 40.8 Å². The molecule has 2 rings (SSSR count). The van der Waals surface area contributed by atoms with Gasteiger partial charge >= 0.3 is 5.97 Å². The molecular formula is C15H13NO6. The Kier molecular flexibility index (Phi) is 4.67. The van der Waals surface area contributed by atoms with Gasteiger partial charge in [0, 0.05) is 17.7 Å². The van der Waals surface area contributed by atoms with Crippen molar-refractivity contribution in [3.63, 3.8) is 0 Å². The number of esters is 1. The molecule has 0 aliphatic carbocycles. The van der Waals surface area contributed by atoms with Gasteiger partial charge in [-0.15, -0.1) is 0 Å². The summed E-state index contributed by atoms with van der Waals surface area (Å²) in [5, 5.41) is 10.6. The number of ketones is 1. The molecule has 0 unspecified atom stereocenters. The predicted molar refractivity (Wildman–Crippen MR) is 76.4 cm³/mol. The summed E-state index contributed by atoms with van der Waals surface area (Å²) in [5.74, 6) is -0.657. The molecule has 0 bridgehead atoms. The standard InChI is InChI=1S/C15H13NO6/c1-2-21-15(18)9-12(17)14-8-7-13(22-14)10-3-5-11(6-4-10)16(19)20/h3-8H,2,9H2,1H3. The van der Waals surface area contributed by atoms with E-state index in [4.69, 9.17) is 9.15 Å². The number of rotatable bonds is 6. The monoisotopic (exact) mass is 303 g/mol. The van der Waals surface area contributed by atoms with Crippen molar-refractivity contribution in [2.24, 2.45) is 0 Å². The highest BCUT2D eigenvalue weighted by Crippen LogP contribution is 2.25. The van der Waals surface area contributed by atoms with E-state index in [1.54, 1.807) is 13.0 Å². The molecule has 7 nitrogen and oxygen atoms in total. The summed E-state index contributed by atoms with van der Waals surface area (Å²) in [4.78, 5) is 33.2. The number of hydrogen-bond acceptors (Lipinski definition) is 6. The van der Waals surface area contributed by atoms with Crippen LogP contribution in [-0.4, -0.2) is 23.3 Å². The highest BCUT2D eigenvalue weighted by Gasteiger charge is 2.17. The lowest BCUT2D eigenvalue weighted by molar-refractivity contribution is -0.384. The van der Waals surface area contributed by atoms with Crippen LogP contribution in [0.2, 0.25) is 0 Å². The zero-order chi connectivity index (χ0) is 16.1. The minimum Gasteiger partial charge on any atom is -0.466 e. The van der Waals surface area contributed by atoms with E-state index in [0.29, 0.717) is 11.3 Å². The van der Waals surface area contributed by atoms with Crippen LogP contribution in [0.4, 0.5) is 5.69 Å². The number of nitro benzene ring substituents is 1. The van der Waals surface area contributed by atoms with Gasteiger partial charge in [0.15, 0.2) is 5.76 Å². The van der Waals surface area contributed by atoms with E-state index >= 15 is 0 Å². The number of hydrogen-bond donors (Lipinski definition) is 0. The first-order chi connectivity index (χ1) is 10.5. The lowest BCUT2D eigenvalue weighted by Crippen LogP contribution is -2.10. The van der Waals surface area contributed by atoms with Crippen LogP contribution in [0.3, 0.4) is 0 Å². The summed E-state index contributed by atoms with van der Waals surface area (Å²) in [5.41, 5.74) is 0.565. The van der Waals surface area contributed by atoms with Gasteiger partial charge in [-0.1, -0.05) is 0 Å². The fourth-order valence-corrected chi connectivity index (χ4v) is 1.82. The largest absolute Gasteiger partial charge is 0.466 e. The molecule has 1 aromatic carbocycles. The van der Waals surface area contributed by atoms with Crippen molar-refractivity contribution in [2.45, 2.75) is 13.3 Å². The van der Waals surface area contributed by atoms with Crippen molar-refractivity contribution in [3.05, 3.63) is 52.3 Å². The molecule has 22 heavy (non-hydrogen) atoms. The molecule has 0 atom stereocenters. The highest BCUT2D eigenvalue weighted by molar-refractivity contribution is 6.04. The van der Waals surface area contributed by atoms with E-state index in [-0.39, 0.29) is 24.5 Å². The SMILES string of the molecule is CCOC(=O)CC(=O)c1ccc(-c2ccc([N+](=O)[O-])cc2)o1. The topological polar surface area (TPSA) is 99.7 Å². The van der Waals surface area contributed by atoms with Gasteiger partial charge in [-0.05, 0) is 31.2 Å². The second-order valence-corrected chi connectivity index (χ2v) is 4.37. The Morgan fingerprint density at radius 2 is 1.86 bits per heavy atom. The van der Waals surface area contributed by atoms with Gasteiger partial charge in [0.25, 0.3) is 5.69 Å². The molecule has 0 radical (unpaired) electrons. The summed E-state index contributed by atoms with van der Waals surface area (Å²) in [6.07, 6.45) is -0.388. The Bertz CT molecular complexity index is 701. The number of carbonyl (C=O) groups is 2. The third-order valence-corrected chi connectivity index (χ3v) is 2.85. The van der Waals surface area contributed by atoms with Crippen LogP contribution in [0.5, 0.6) is 0 Å². The molecule has 0 spiro atoms. The minimum atomic E-state index is -0.610. The van der Waals surface area contributed by atoms with E-state index in [2.05, 4.69) is 0 Å². The highest BCUT2D eigenvalue weighted by atomic mass is 16.6. The number of nitro groups is 1. The number of ether oxygens (including phenoxy) is 1. The lowest BCUT2D eigenvalue weighted by atomic mass is 10.1. The fraction of sp³-hybridized carbons (Fsp3) is 0.200. The van der Waals surface area contributed by atoms with Crippen molar-refractivity contribution in [3.8, 4) is 11.3 Å². The molecule has 2 aromatic rings. The summed E-state index contributed by atoms with van der Waals surface area (Å²) in [6.45, 7) is 1.86. The number of Topliss-reactive ketones (excluding diaryl/α,β-unsaturated/α-hetero) is 1. The number of nitrogens with zero attached hydrogens (tertiary/aromatic N) is 1. The zero-order valence-corrected chi connectivity index (χ0v) is 11.8. The second-order valence-electron chi connectivity index (χ2n) is 4.37. The van der Waals surface area contributed by atoms with Crippen LogP contribution in [0.25, 0.3) is 11.3 Å². The van der Waals surface area contributed by atoms with Crippen LogP contribution in [0.1, 0.15) is 23.9 Å². The van der Waals surface area contributed by atoms with Crippen LogP contribution >= 0.6 is 0 Å². The third kappa shape index (κ3) is 3.57. The van der Waals surface area contributed by atoms with E-state index in [1.807, 2.05) is 0 Å². The molecule has 0 saturated carbocycles. The Morgan fingerprint density at radius 1 is 1.18 bits per heavy atom. The van der Waals surface area contributed by atoms with Gasteiger partial charge in [-0.2, -0.15) is 0 Å². The summed E-state index contributed by atoms with van der Waals surface area (Å²) in [7, 11) is 0. The molecule has 1 aromatic heterocycles. The van der Waals surface area contributed by atoms with Gasteiger partial charge in [-0.3, -0.25) is 19.7 Å². The summed E-state index contributed by atoms with van der Waals surface area (Å²) in [6, 6.07) is 8.76. The molecule has 0 fully saturated rings. The quantitative estimate of drug-likeness (QED) is 0.267. The van der Waals surface area contributed by atoms with Gasteiger partial charge < -0.3 is 9.15 Å². The van der Waals surface area contributed by atoms with Crippen molar-refractivity contribution in [2.75, 3.05) is 6.61 Å². The summed E-state index contributed by atoms with van der Waals surface area (Å²) >= 11 is 0. The van der Waals surface area contributed by atoms with E-state index in [0.717, 1.165) is 0 Å². The van der Waals surface area contributed by atoms with E-state index in [9.17, 15) is 19.7 Å². The molecule has 114 valence electrons. The average Bonchev–Trinajstić information content (AvgIpc) is 2.97. The molecule has 0 N–H and O–H groups in total. The summed E-state index contributed by atoms with van der Waals surface area (Å²) < 4.78 is 10.1. The number of furan rings is 1. The molecule has 0 amide bonds. The molecule has 7 heteroatoms. The van der Waals surface area contributed by atoms with Crippen LogP contribution < -0.4 is 0 Å². The third-order valence-electron chi connectivity index (χ3n) is 2.85. The Balaban J connectivity index is 2.12. The molecular weight excluding hydrogens is 290 g/mol. The van der Waals surface area contributed by atoms with Crippen molar-refractivity contribution >= 4 is 17.4 Å². The van der Waals surface area contributed by atoms with E-state index in [1.165, 1.54) is 30.3 Å². The predicted octanol–water partition coefficient (Wildman–Crippen LogP) is 2.99. The van der Waals surface area contributed by atoms with Gasteiger partial charge in [0.05, 0.1) is 11.5 Å². The van der Waals surface area contributed by atoms with Crippen LogP contribution in [-0.2, 0) is 9.53 Å². The van der Waals surface area contributed by atoms with Crippen molar-refractivity contribution in [1.29, 1.82) is 0 Å². The fourth-order valence-electron chi connectivity index (χ4n) is 1.82. The van der Waals surface area contributed by atoms with E-state index < -0.39 is 16.7 Å². The Hall–Kier alpha value is -2.96. The van der Waals surface area contributed by atoms with Crippen molar-refractivity contribution < 1.29 is 23.7 Å². The number of benzene rings is 1. The molecule has 0 aliphatic rings. The molecule has 0 aliphatic heterocycles. The Morgan fingerprint density at radius 3 is 2.45 bits per heavy atom. The van der Waals surface area contributed by atoms with Gasteiger partial charge in [0.2, 0.25) is 5.78 Å². The smallest absolute Gasteiger partial charge is 0.313 e. The first-order valence-electron chi connectivity index (χ1n) is 6.54. The van der Waals surface area contributed by atoms with Gasteiger partial charge in [-0.25, -0.2) is 0 Å². The maximum Gasteiger partial charge on any atom is 0.313 e. The molecule has 0 saturated heterocycles.